The molecule has 31 heavy (non-hydrogen) atoms. The summed E-state index contributed by atoms with van der Waals surface area (Å²) in [5, 5.41) is 2.20. The van der Waals surface area contributed by atoms with Gasteiger partial charge in [-0.05, 0) is 49.2 Å². The van der Waals surface area contributed by atoms with Crippen LogP contribution in [-0.2, 0) is 23.2 Å². The average molecular weight is 469 g/mol. The molecule has 1 N–H and O–H groups in total. The Labute approximate surface area is 176 Å². The molecule has 1 aliphatic rings. The Morgan fingerprint density at radius 3 is 2.13 bits per heavy atom. The van der Waals surface area contributed by atoms with E-state index in [1.165, 1.54) is 19.2 Å². The number of carbonyl (C=O) groups excluding carboxylic acids is 1. The van der Waals surface area contributed by atoms with Crippen molar-refractivity contribution >= 4 is 16.7 Å². The molecular weight excluding hydrogens is 451 g/mol. The van der Waals surface area contributed by atoms with Gasteiger partial charge in [0.1, 0.15) is 5.82 Å². The molecule has 0 saturated heterocycles. The second-order valence-electron chi connectivity index (χ2n) is 6.65. The van der Waals surface area contributed by atoms with Crippen molar-refractivity contribution in [2.45, 2.75) is 41.8 Å². The molecule has 1 aliphatic carbocycles. The standard InChI is InChI=1S/C11H11F3OS.C9H7F4NO/c12-11(13,14)8-3-1-6-10(7-8)16(15)9-4-2-5-9;1-14-8(15)5-2-3-7(10)6(4-5)9(11,12)13/h1,3,6-7,9H,2,4-5H2;2-4H,1H3,(H,14,15). The van der Waals surface area contributed by atoms with Crippen molar-refractivity contribution in [1.29, 1.82) is 0 Å². The fraction of sp³-hybridized carbons (Fsp3) is 0.350. The van der Waals surface area contributed by atoms with Gasteiger partial charge in [0.15, 0.2) is 0 Å². The van der Waals surface area contributed by atoms with E-state index >= 15 is 0 Å². The molecule has 3 rings (SSSR count). The highest BCUT2D eigenvalue weighted by Crippen LogP contribution is 2.33. The highest BCUT2D eigenvalue weighted by atomic mass is 32.2. The van der Waals surface area contributed by atoms with E-state index < -0.39 is 46.0 Å². The van der Waals surface area contributed by atoms with Gasteiger partial charge in [-0.25, -0.2) is 4.39 Å². The molecule has 170 valence electrons. The first-order chi connectivity index (χ1) is 14.3. The van der Waals surface area contributed by atoms with Crippen molar-refractivity contribution in [3.05, 3.63) is 65.0 Å². The van der Waals surface area contributed by atoms with Crippen molar-refractivity contribution in [2.75, 3.05) is 7.05 Å². The van der Waals surface area contributed by atoms with Crippen LogP contribution in [0, 0.1) is 5.82 Å². The van der Waals surface area contributed by atoms with Crippen LogP contribution in [0.2, 0.25) is 0 Å². The highest BCUT2D eigenvalue weighted by Gasteiger charge is 2.34. The van der Waals surface area contributed by atoms with E-state index in [4.69, 9.17) is 0 Å². The summed E-state index contributed by atoms with van der Waals surface area (Å²) in [6.45, 7) is 0. The molecule has 1 amide bonds. The van der Waals surface area contributed by atoms with Gasteiger partial charge in [-0.2, -0.15) is 26.3 Å². The van der Waals surface area contributed by atoms with Gasteiger partial charge in [-0.3, -0.25) is 9.00 Å². The SMILES string of the molecule is CNC(=O)c1ccc(F)c(C(F)(F)F)c1.O=S(c1cccc(C(F)(F)F)c1)C1CCC1. The number of hydrogen-bond acceptors (Lipinski definition) is 2. The second-order valence-corrected chi connectivity index (χ2v) is 8.38. The minimum Gasteiger partial charge on any atom is -0.355 e. The largest absolute Gasteiger partial charge is 0.419 e. The summed E-state index contributed by atoms with van der Waals surface area (Å²) in [5.74, 6) is -2.09. The lowest BCUT2D eigenvalue weighted by Crippen LogP contribution is -2.23. The van der Waals surface area contributed by atoms with Crippen molar-refractivity contribution in [1.82, 2.24) is 5.32 Å². The maximum absolute atomic E-state index is 12.8. The molecular formula is C20H18F7NO2S. The van der Waals surface area contributed by atoms with Crippen LogP contribution in [0.3, 0.4) is 0 Å². The van der Waals surface area contributed by atoms with Crippen molar-refractivity contribution < 1.29 is 39.7 Å². The molecule has 1 atom stereocenters. The normalized spacial score (nSPS) is 15.4. The molecule has 2 aromatic carbocycles. The van der Waals surface area contributed by atoms with Crippen LogP contribution in [0.1, 0.15) is 40.7 Å². The van der Waals surface area contributed by atoms with Crippen molar-refractivity contribution in [3.63, 3.8) is 0 Å². The van der Waals surface area contributed by atoms with Crippen LogP contribution < -0.4 is 5.32 Å². The molecule has 0 bridgehead atoms. The molecule has 2 aromatic rings. The maximum atomic E-state index is 12.8. The molecule has 11 heteroatoms. The molecule has 3 nitrogen and oxygen atoms in total. The van der Waals surface area contributed by atoms with Gasteiger partial charge in [0, 0.05) is 22.8 Å². The lowest BCUT2D eigenvalue weighted by molar-refractivity contribution is -0.140. The Morgan fingerprint density at radius 2 is 1.65 bits per heavy atom. The first kappa shape index (κ1) is 24.8. The summed E-state index contributed by atoms with van der Waals surface area (Å²) >= 11 is 0. The Balaban J connectivity index is 0.000000221. The fourth-order valence-electron chi connectivity index (χ4n) is 2.60. The molecule has 1 fully saturated rings. The monoisotopic (exact) mass is 469 g/mol. The molecule has 0 aromatic heterocycles. The van der Waals surface area contributed by atoms with Crippen LogP contribution in [0.25, 0.3) is 0 Å². The molecule has 0 spiro atoms. The van der Waals surface area contributed by atoms with Gasteiger partial charge in [0.2, 0.25) is 0 Å². The van der Waals surface area contributed by atoms with Crippen molar-refractivity contribution in [2.24, 2.45) is 0 Å². The van der Waals surface area contributed by atoms with Crippen LogP contribution in [0.4, 0.5) is 30.7 Å². The lowest BCUT2D eigenvalue weighted by Gasteiger charge is -2.24. The highest BCUT2D eigenvalue weighted by molar-refractivity contribution is 7.85. The zero-order valence-corrected chi connectivity index (χ0v) is 16.9. The smallest absolute Gasteiger partial charge is 0.355 e. The predicted octanol–water partition coefficient (Wildman–Crippen LogP) is 5.57. The van der Waals surface area contributed by atoms with E-state index in [0.29, 0.717) is 17.0 Å². The van der Waals surface area contributed by atoms with Crippen LogP contribution >= 0.6 is 0 Å². The third-order valence-corrected chi connectivity index (χ3v) is 6.31. The van der Waals surface area contributed by atoms with Gasteiger partial charge in [0.05, 0.1) is 21.9 Å². The number of nitrogens with one attached hydrogen (secondary N) is 1. The Kier molecular flexibility index (Phi) is 7.85. The maximum Gasteiger partial charge on any atom is 0.419 e. The number of alkyl halides is 6. The third kappa shape index (κ3) is 6.52. The summed E-state index contributed by atoms with van der Waals surface area (Å²) in [5.41, 5.74) is -2.40. The van der Waals surface area contributed by atoms with E-state index in [0.717, 1.165) is 37.5 Å². The average Bonchev–Trinajstić information content (AvgIpc) is 2.65. The minimum atomic E-state index is -4.80. The van der Waals surface area contributed by atoms with E-state index in [9.17, 15) is 39.7 Å². The predicted molar refractivity (Wildman–Crippen MR) is 100 cm³/mol. The Bertz CT molecular complexity index is 953. The number of rotatable bonds is 3. The summed E-state index contributed by atoms with van der Waals surface area (Å²) in [6.07, 6.45) is -6.44. The van der Waals surface area contributed by atoms with E-state index in [1.54, 1.807) is 0 Å². The lowest BCUT2D eigenvalue weighted by atomic mass is 10.00. The number of hydrogen-bond donors (Lipinski definition) is 1. The first-order valence-corrected chi connectivity index (χ1v) is 10.2. The summed E-state index contributed by atoms with van der Waals surface area (Å²) < 4.78 is 98.6. The second kappa shape index (κ2) is 9.80. The minimum absolute atomic E-state index is 0.0449. The zero-order chi connectivity index (χ0) is 23.4. The Morgan fingerprint density at radius 1 is 1.00 bits per heavy atom. The third-order valence-electron chi connectivity index (χ3n) is 4.51. The van der Waals surface area contributed by atoms with Gasteiger partial charge < -0.3 is 5.32 Å². The van der Waals surface area contributed by atoms with Crippen molar-refractivity contribution in [3.8, 4) is 0 Å². The van der Waals surface area contributed by atoms with Crippen LogP contribution in [0.5, 0.6) is 0 Å². The topological polar surface area (TPSA) is 46.2 Å². The van der Waals surface area contributed by atoms with E-state index in [2.05, 4.69) is 5.32 Å². The zero-order valence-electron chi connectivity index (χ0n) is 16.1. The summed E-state index contributed by atoms with van der Waals surface area (Å²) in [4.78, 5) is 11.3. The number of amides is 1. The molecule has 1 saturated carbocycles. The number of carbonyl (C=O) groups is 1. The molecule has 0 aliphatic heterocycles. The van der Waals surface area contributed by atoms with E-state index in [1.807, 2.05) is 0 Å². The fourth-order valence-corrected chi connectivity index (χ4v) is 4.21. The first-order valence-electron chi connectivity index (χ1n) is 9.01. The quantitative estimate of drug-likeness (QED) is 0.598. The number of halogens is 7. The van der Waals surface area contributed by atoms with Crippen LogP contribution in [0.15, 0.2) is 47.4 Å². The van der Waals surface area contributed by atoms with Gasteiger partial charge in [-0.15, -0.1) is 0 Å². The van der Waals surface area contributed by atoms with Gasteiger partial charge >= 0.3 is 12.4 Å². The summed E-state index contributed by atoms with van der Waals surface area (Å²) in [6, 6.07) is 6.90. The summed E-state index contributed by atoms with van der Waals surface area (Å²) in [7, 11) is -0.00973. The molecule has 0 radical (unpaired) electrons. The molecule has 1 unspecified atom stereocenters. The van der Waals surface area contributed by atoms with Gasteiger partial charge in [-0.1, -0.05) is 12.5 Å². The van der Waals surface area contributed by atoms with Gasteiger partial charge in [0.25, 0.3) is 5.91 Å². The van der Waals surface area contributed by atoms with Crippen LogP contribution in [-0.4, -0.2) is 22.4 Å². The Hall–Kier alpha value is -2.43. The number of benzene rings is 2. The van der Waals surface area contributed by atoms with E-state index in [-0.39, 0.29) is 10.8 Å². The molecule has 0 heterocycles.